The van der Waals surface area contributed by atoms with Crippen LogP contribution in [0, 0.1) is 19.3 Å². The Morgan fingerprint density at radius 1 is 1.21 bits per heavy atom. The quantitative estimate of drug-likeness (QED) is 0.330. The van der Waals surface area contributed by atoms with Crippen LogP contribution in [0.5, 0.6) is 11.5 Å². The standard InChI is InChI=1S/C26H29ClN4O3/c1-16-7-5-8-23(33-4)25(16)31(3)26(32)20-12-19(21-15-30-17(2)11-18(21)14-29)22(27)13-24(20)34-10-6-9-28/h5,7-8,11-15,29H,6,9-10,28H2,1-4H3. The van der Waals surface area contributed by atoms with Gasteiger partial charge in [-0.15, -0.1) is 0 Å². The molecule has 7 nitrogen and oxygen atoms in total. The molecule has 3 rings (SSSR count). The Morgan fingerprint density at radius 3 is 2.65 bits per heavy atom. The number of halogens is 1. The Labute approximate surface area is 205 Å². The number of hydrogen-bond acceptors (Lipinski definition) is 6. The highest BCUT2D eigenvalue weighted by Crippen LogP contribution is 2.38. The highest BCUT2D eigenvalue weighted by molar-refractivity contribution is 6.34. The van der Waals surface area contributed by atoms with Gasteiger partial charge in [0.1, 0.15) is 11.5 Å². The number of aryl methyl sites for hydroxylation is 2. The van der Waals surface area contributed by atoms with E-state index in [9.17, 15) is 4.79 Å². The fourth-order valence-electron chi connectivity index (χ4n) is 3.75. The number of para-hydroxylation sites is 1. The third kappa shape index (κ3) is 5.21. The fourth-order valence-corrected chi connectivity index (χ4v) is 4.00. The van der Waals surface area contributed by atoms with Crippen molar-refractivity contribution < 1.29 is 14.3 Å². The molecule has 8 heteroatoms. The summed E-state index contributed by atoms with van der Waals surface area (Å²) in [6.07, 6.45) is 3.54. The topological polar surface area (TPSA) is 102 Å². The smallest absolute Gasteiger partial charge is 0.261 e. The third-order valence-corrected chi connectivity index (χ3v) is 5.80. The molecule has 0 atom stereocenters. The van der Waals surface area contributed by atoms with Gasteiger partial charge in [-0.05, 0) is 50.6 Å². The SMILES string of the molecule is COc1cccc(C)c1N(C)C(=O)c1cc(-c2cnc(C)cc2C=N)c(Cl)cc1OCCCN. The number of nitrogens with zero attached hydrogens (tertiary/aromatic N) is 2. The van der Waals surface area contributed by atoms with E-state index in [0.29, 0.717) is 64.0 Å². The van der Waals surface area contributed by atoms with E-state index >= 15 is 0 Å². The van der Waals surface area contributed by atoms with Gasteiger partial charge in [0.15, 0.2) is 0 Å². The van der Waals surface area contributed by atoms with Crippen LogP contribution >= 0.6 is 11.6 Å². The van der Waals surface area contributed by atoms with Gasteiger partial charge < -0.3 is 25.5 Å². The van der Waals surface area contributed by atoms with Gasteiger partial charge in [-0.1, -0.05) is 23.7 Å². The summed E-state index contributed by atoms with van der Waals surface area (Å²) in [6.45, 7) is 4.59. The maximum Gasteiger partial charge on any atom is 0.261 e. The molecule has 1 heterocycles. The number of pyridine rings is 1. The monoisotopic (exact) mass is 480 g/mol. The number of carbonyl (C=O) groups excluding carboxylic acids is 1. The molecule has 178 valence electrons. The first-order valence-corrected chi connectivity index (χ1v) is 11.3. The summed E-state index contributed by atoms with van der Waals surface area (Å²) in [4.78, 5) is 19.7. The number of amides is 1. The second-order valence-electron chi connectivity index (χ2n) is 7.87. The van der Waals surface area contributed by atoms with E-state index in [-0.39, 0.29) is 5.91 Å². The first-order chi connectivity index (χ1) is 16.3. The van der Waals surface area contributed by atoms with Crippen molar-refractivity contribution >= 4 is 29.4 Å². The van der Waals surface area contributed by atoms with E-state index in [0.717, 1.165) is 11.3 Å². The van der Waals surface area contributed by atoms with E-state index in [2.05, 4.69) is 4.98 Å². The second-order valence-corrected chi connectivity index (χ2v) is 8.27. The molecule has 2 aromatic carbocycles. The number of rotatable bonds is 9. The maximum absolute atomic E-state index is 13.8. The predicted octanol–water partition coefficient (Wildman–Crippen LogP) is 5.03. The number of nitrogens with two attached hydrogens (primary N) is 1. The molecule has 3 aromatic rings. The molecule has 0 radical (unpaired) electrons. The summed E-state index contributed by atoms with van der Waals surface area (Å²) in [5, 5.41) is 8.21. The molecule has 0 saturated carbocycles. The molecule has 0 unspecified atom stereocenters. The van der Waals surface area contributed by atoms with Crippen LogP contribution in [0.3, 0.4) is 0 Å². The Hall–Kier alpha value is -3.42. The third-order valence-electron chi connectivity index (χ3n) is 5.48. The van der Waals surface area contributed by atoms with E-state index in [1.807, 2.05) is 32.0 Å². The molecule has 1 amide bonds. The van der Waals surface area contributed by atoms with Gasteiger partial charge in [0, 0.05) is 47.9 Å². The molecule has 0 aliphatic heterocycles. The number of hydrogen-bond donors (Lipinski definition) is 2. The average molecular weight is 481 g/mol. The number of methoxy groups -OCH3 is 1. The maximum atomic E-state index is 13.8. The van der Waals surface area contributed by atoms with Gasteiger partial charge in [0.2, 0.25) is 0 Å². The van der Waals surface area contributed by atoms with Gasteiger partial charge in [-0.3, -0.25) is 9.78 Å². The zero-order valence-corrected chi connectivity index (χ0v) is 20.6. The number of carbonyl (C=O) groups is 1. The lowest BCUT2D eigenvalue weighted by Crippen LogP contribution is -2.28. The summed E-state index contributed by atoms with van der Waals surface area (Å²) in [5.74, 6) is 0.664. The van der Waals surface area contributed by atoms with Crippen molar-refractivity contribution in [2.24, 2.45) is 5.73 Å². The van der Waals surface area contributed by atoms with E-state index < -0.39 is 0 Å². The van der Waals surface area contributed by atoms with Crippen molar-refractivity contribution in [1.29, 1.82) is 5.41 Å². The predicted molar refractivity (Wildman–Crippen MR) is 137 cm³/mol. The summed E-state index contributed by atoms with van der Waals surface area (Å²) in [5.41, 5.74) is 10.2. The number of anilines is 1. The zero-order valence-electron chi connectivity index (χ0n) is 19.8. The molecule has 34 heavy (non-hydrogen) atoms. The van der Waals surface area contributed by atoms with Crippen LogP contribution in [-0.4, -0.2) is 44.4 Å². The number of benzene rings is 2. The summed E-state index contributed by atoms with van der Waals surface area (Å²) in [6, 6.07) is 10.7. The summed E-state index contributed by atoms with van der Waals surface area (Å²) >= 11 is 6.64. The molecule has 0 aliphatic carbocycles. The minimum Gasteiger partial charge on any atom is -0.495 e. The van der Waals surface area contributed by atoms with Crippen molar-refractivity contribution in [2.45, 2.75) is 20.3 Å². The Balaban J connectivity index is 2.16. The van der Waals surface area contributed by atoms with Crippen molar-refractivity contribution in [3.8, 4) is 22.6 Å². The molecular formula is C26H29ClN4O3. The molecule has 1 aromatic heterocycles. The van der Waals surface area contributed by atoms with Crippen LogP contribution in [0.4, 0.5) is 5.69 Å². The van der Waals surface area contributed by atoms with Crippen LogP contribution in [0.15, 0.2) is 42.6 Å². The molecule has 0 saturated heterocycles. The highest BCUT2D eigenvalue weighted by atomic mass is 35.5. The van der Waals surface area contributed by atoms with Gasteiger partial charge in [0.05, 0.1) is 30.0 Å². The van der Waals surface area contributed by atoms with Crippen molar-refractivity contribution in [2.75, 3.05) is 32.2 Å². The van der Waals surface area contributed by atoms with Crippen LogP contribution in [0.1, 0.15) is 33.6 Å². The Bertz CT molecular complexity index is 1210. The number of ether oxygens (including phenoxy) is 2. The molecule has 3 N–H and O–H groups in total. The second kappa shape index (κ2) is 11.1. The van der Waals surface area contributed by atoms with Crippen LogP contribution in [-0.2, 0) is 0 Å². The largest absolute Gasteiger partial charge is 0.495 e. The first kappa shape index (κ1) is 25.2. The highest BCUT2D eigenvalue weighted by Gasteiger charge is 2.24. The van der Waals surface area contributed by atoms with E-state index in [1.165, 1.54) is 6.21 Å². The van der Waals surface area contributed by atoms with Crippen LogP contribution in [0.2, 0.25) is 5.02 Å². The summed E-state index contributed by atoms with van der Waals surface area (Å²) < 4.78 is 11.4. The first-order valence-electron chi connectivity index (χ1n) is 10.9. The average Bonchev–Trinajstić information content (AvgIpc) is 2.83. The lowest BCUT2D eigenvalue weighted by Gasteiger charge is -2.24. The molecule has 0 fully saturated rings. The van der Waals surface area contributed by atoms with Gasteiger partial charge in [-0.25, -0.2) is 0 Å². The van der Waals surface area contributed by atoms with Crippen molar-refractivity contribution in [1.82, 2.24) is 4.98 Å². The minimum absolute atomic E-state index is 0.287. The van der Waals surface area contributed by atoms with Gasteiger partial charge >= 0.3 is 0 Å². The Morgan fingerprint density at radius 2 is 1.97 bits per heavy atom. The van der Waals surface area contributed by atoms with Crippen molar-refractivity contribution in [3.05, 3.63) is 70.0 Å². The molecule has 0 bridgehead atoms. The summed E-state index contributed by atoms with van der Waals surface area (Å²) in [7, 11) is 3.27. The fraction of sp³-hybridized carbons (Fsp3) is 0.269. The van der Waals surface area contributed by atoms with Crippen LogP contribution in [0.25, 0.3) is 11.1 Å². The Kier molecular flexibility index (Phi) is 8.26. The zero-order chi connectivity index (χ0) is 24.8. The molecule has 0 spiro atoms. The number of aromatic nitrogens is 1. The van der Waals surface area contributed by atoms with E-state index in [4.69, 9.17) is 32.2 Å². The lowest BCUT2D eigenvalue weighted by molar-refractivity contribution is 0.0988. The van der Waals surface area contributed by atoms with Crippen LogP contribution < -0.4 is 20.1 Å². The minimum atomic E-state index is -0.287. The van der Waals surface area contributed by atoms with E-state index in [1.54, 1.807) is 43.5 Å². The molecular weight excluding hydrogens is 452 g/mol. The normalized spacial score (nSPS) is 10.6. The lowest BCUT2D eigenvalue weighted by atomic mass is 9.98. The molecule has 0 aliphatic rings. The van der Waals surface area contributed by atoms with Gasteiger partial charge in [-0.2, -0.15) is 0 Å². The van der Waals surface area contributed by atoms with Crippen molar-refractivity contribution in [3.63, 3.8) is 0 Å². The van der Waals surface area contributed by atoms with Gasteiger partial charge in [0.25, 0.3) is 5.91 Å². The number of nitrogens with one attached hydrogen (secondary N) is 1.